The molecule has 1 aromatic rings. The summed E-state index contributed by atoms with van der Waals surface area (Å²) in [5, 5.41) is 0. The highest BCUT2D eigenvalue weighted by molar-refractivity contribution is 5.78. The molecule has 2 aliphatic heterocycles. The number of piperazine rings is 1. The van der Waals surface area contributed by atoms with Crippen molar-refractivity contribution >= 4 is 12.0 Å². The van der Waals surface area contributed by atoms with Gasteiger partial charge in [0.1, 0.15) is 5.75 Å². The second kappa shape index (κ2) is 7.29. The SMILES string of the molecule is CCOC(=O)N1CCN(C(=O)COc2ccc3c(c2)OCO3)CC1. The second-order valence-electron chi connectivity index (χ2n) is 5.37. The Morgan fingerprint density at radius 1 is 1.08 bits per heavy atom. The molecule has 0 radical (unpaired) electrons. The van der Waals surface area contributed by atoms with E-state index in [9.17, 15) is 9.59 Å². The van der Waals surface area contributed by atoms with Crippen molar-refractivity contribution in [2.24, 2.45) is 0 Å². The molecule has 0 aromatic heterocycles. The van der Waals surface area contributed by atoms with Gasteiger partial charge in [-0.3, -0.25) is 4.79 Å². The molecule has 0 bridgehead atoms. The second-order valence-corrected chi connectivity index (χ2v) is 5.37. The Balaban J connectivity index is 1.45. The molecular formula is C16H20N2O6. The third kappa shape index (κ3) is 3.64. The van der Waals surface area contributed by atoms with E-state index >= 15 is 0 Å². The molecule has 3 rings (SSSR count). The Hall–Kier alpha value is -2.64. The molecule has 2 amide bonds. The van der Waals surface area contributed by atoms with Crippen LogP contribution in [0.2, 0.25) is 0 Å². The molecule has 0 spiro atoms. The van der Waals surface area contributed by atoms with E-state index in [-0.39, 0.29) is 25.4 Å². The maximum atomic E-state index is 12.2. The minimum atomic E-state index is -0.332. The van der Waals surface area contributed by atoms with Gasteiger partial charge in [0, 0.05) is 32.2 Å². The first-order valence-corrected chi connectivity index (χ1v) is 7.89. The van der Waals surface area contributed by atoms with Crippen LogP contribution in [0, 0.1) is 0 Å². The van der Waals surface area contributed by atoms with Gasteiger partial charge in [-0.15, -0.1) is 0 Å². The Morgan fingerprint density at radius 3 is 2.54 bits per heavy atom. The molecule has 1 aromatic carbocycles. The standard InChI is InChI=1S/C16H20N2O6/c1-2-21-16(20)18-7-5-17(6-8-18)15(19)10-22-12-3-4-13-14(9-12)24-11-23-13/h3-4,9H,2,5-8,10-11H2,1H3. The monoisotopic (exact) mass is 336 g/mol. The number of rotatable bonds is 4. The average Bonchev–Trinajstić information content (AvgIpc) is 3.07. The van der Waals surface area contributed by atoms with Gasteiger partial charge in [0.25, 0.3) is 5.91 Å². The molecule has 130 valence electrons. The zero-order chi connectivity index (χ0) is 16.9. The maximum absolute atomic E-state index is 12.2. The number of hydrogen-bond donors (Lipinski definition) is 0. The van der Waals surface area contributed by atoms with Crippen LogP contribution in [0.1, 0.15) is 6.92 Å². The van der Waals surface area contributed by atoms with E-state index in [4.69, 9.17) is 18.9 Å². The normalized spacial score (nSPS) is 16.0. The number of hydrogen-bond acceptors (Lipinski definition) is 6. The smallest absolute Gasteiger partial charge is 0.409 e. The Bertz CT molecular complexity index is 613. The summed E-state index contributed by atoms with van der Waals surface area (Å²) < 4.78 is 21.0. The van der Waals surface area contributed by atoms with Crippen molar-refractivity contribution in [1.29, 1.82) is 0 Å². The fourth-order valence-corrected chi connectivity index (χ4v) is 2.56. The third-order valence-electron chi connectivity index (χ3n) is 3.86. The predicted molar refractivity (Wildman–Crippen MR) is 83.2 cm³/mol. The van der Waals surface area contributed by atoms with Gasteiger partial charge < -0.3 is 28.7 Å². The van der Waals surface area contributed by atoms with Gasteiger partial charge in [-0.25, -0.2) is 4.79 Å². The Labute approximate surface area is 139 Å². The number of benzene rings is 1. The third-order valence-corrected chi connectivity index (χ3v) is 3.86. The lowest BCUT2D eigenvalue weighted by Crippen LogP contribution is -2.51. The van der Waals surface area contributed by atoms with Gasteiger partial charge in [-0.05, 0) is 19.1 Å². The fraction of sp³-hybridized carbons (Fsp3) is 0.500. The topological polar surface area (TPSA) is 77.5 Å². The first kappa shape index (κ1) is 16.2. The molecule has 24 heavy (non-hydrogen) atoms. The summed E-state index contributed by atoms with van der Waals surface area (Å²) >= 11 is 0. The maximum Gasteiger partial charge on any atom is 0.409 e. The highest BCUT2D eigenvalue weighted by atomic mass is 16.7. The first-order valence-electron chi connectivity index (χ1n) is 7.89. The zero-order valence-corrected chi connectivity index (χ0v) is 13.5. The Kier molecular flexibility index (Phi) is 4.93. The molecule has 0 aliphatic carbocycles. The van der Waals surface area contributed by atoms with Crippen LogP contribution in [0.4, 0.5) is 4.79 Å². The van der Waals surface area contributed by atoms with Crippen molar-refractivity contribution in [2.75, 3.05) is 46.2 Å². The first-order chi connectivity index (χ1) is 11.7. The molecular weight excluding hydrogens is 316 g/mol. The molecule has 1 fully saturated rings. The largest absolute Gasteiger partial charge is 0.484 e. The summed E-state index contributed by atoms with van der Waals surface area (Å²) in [6, 6.07) is 5.19. The van der Waals surface area contributed by atoms with Gasteiger partial charge in [0.2, 0.25) is 6.79 Å². The number of carbonyl (C=O) groups is 2. The molecule has 2 aliphatic rings. The molecule has 0 atom stereocenters. The lowest BCUT2D eigenvalue weighted by Gasteiger charge is -2.33. The van der Waals surface area contributed by atoms with Crippen LogP contribution in [-0.2, 0) is 9.53 Å². The summed E-state index contributed by atoms with van der Waals surface area (Å²) in [4.78, 5) is 27.1. The lowest BCUT2D eigenvalue weighted by atomic mass is 10.3. The molecule has 8 heteroatoms. The van der Waals surface area contributed by atoms with E-state index in [1.807, 2.05) is 0 Å². The van der Waals surface area contributed by atoms with Gasteiger partial charge in [0.05, 0.1) is 6.61 Å². The number of fused-ring (bicyclic) bond motifs is 1. The summed E-state index contributed by atoms with van der Waals surface area (Å²) in [5.41, 5.74) is 0. The highest BCUT2D eigenvalue weighted by Gasteiger charge is 2.25. The van der Waals surface area contributed by atoms with Gasteiger partial charge >= 0.3 is 6.09 Å². The quantitative estimate of drug-likeness (QED) is 0.819. The number of carbonyl (C=O) groups excluding carboxylic acids is 2. The average molecular weight is 336 g/mol. The zero-order valence-electron chi connectivity index (χ0n) is 13.5. The highest BCUT2D eigenvalue weighted by Crippen LogP contribution is 2.35. The van der Waals surface area contributed by atoms with Crippen molar-refractivity contribution in [3.63, 3.8) is 0 Å². The van der Waals surface area contributed by atoms with Crippen LogP contribution in [0.3, 0.4) is 0 Å². The summed E-state index contributed by atoms with van der Waals surface area (Å²) in [7, 11) is 0. The van der Waals surface area contributed by atoms with Crippen molar-refractivity contribution in [3.8, 4) is 17.2 Å². The van der Waals surface area contributed by atoms with Crippen molar-refractivity contribution in [2.45, 2.75) is 6.92 Å². The number of nitrogens with zero attached hydrogens (tertiary/aromatic N) is 2. The van der Waals surface area contributed by atoms with E-state index in [0.717, 1.165) is 0 Å². The molecule has 0 unspecified atom stereocenters. The van der Waals surface area contributed by atoms with Crippen molar-refractivity contribution in [1.82, 2.24) is 9.80 Å². The van der Waals surface area contributed by atoms with Crippen LogP contribution in [-0.4, -0.2) is 68.0 Å². The summed E-state index contributed by atoms with van der Waals surface area (Å²) in [5.74, 6) is 1.72. The van der Waals surface area contributed by atoms with E-state index in [2.05, 4.69) is 0 Å². The van der Waals surface area contributed by atoms with E-state index < -0.39 is 0 Å². The molecule has 1 saturated heterocycles. The predicted octanol–water partition coefficient (Wildman–Crippen LogP) is 1.09. The van der Waals surface area contributed by atoms with E-state index in [0.29, 0.717) is 50.0 Å². The minimum Gasteiger partial charge on any atom is -0.484 e. The fourth-order valence-electron chi connectivity index (χ4n) is 2.56. The summed E-state index contributed by atoms with van der Waals surface area (Å²) in [6.07, 6.45) is -0.332. The van der Waals surface area contributed by atoms with Crippen molar-refractivity contribution < 1.29 is 28.5 Å². The van der Waals surface area contributed by atoms with Crippen LogP contribution in [0.25, 0.3) is 0 Å². The number of amides is 2. The lowest BCUT2D eigenvalue weighted by molar-refractivity contribution is -0.134. The molecule has 8 nitrogen and oxygen atoms in total. The van der Waals surface area contributed by atoms with E-state index in [1.165, 1.54) is 0 Å². The van der Waals surface area contributed by atoms with Gasteiger partial charge in [-0.1, -0.05) is 0 Å². The van der Waals surface area contributed by atoms with Gasteiger partial charge in [-0.2, -0.15) is 0 Å². The molecule has 0 N–H and O–H groups in total. The van der Waals surface area contributed by atoms with Crippen LogP contribution < -0.4 is 14.2 Å². The van der Waals surface area contributed by atoms with Crippen molar-refractivity contribution in [3.05, 3.63) is 18.2 Å². The summed E-state index contributed by atoms with van der Waals surface area (Å²) in [6.45, 7) is 4.14. The van der Waals surface area contributed by atoms with Crippen LogP contribution in [0.5, 0.6) is 17.2 Å². The van der Waals surface area contributed by atoms with E-state index in [1.54, 1.807) is 34.9 Å². The molecule has 2 heterocycles. The van der Waals surface area contributed by atoms with Crippen LogP contribution >= 0.6 is 0 Å². The van der Waals surface area contributed by atoms with Gasteiger partial charge in [0.15, 0.2) is 18.1 Å². The minimum absolute atomic E-state index is 0.0565. The molecule has 0 saturated carbocycles. The Morgan fingerprint density at radius 2 is 1.79 bits per heavy atom. The van der Waals surface area contributed by atoms with Crippen LogP contribution in [0.15, 0.2) is 18.2 Å². The number of ether oxygens (including phenoxy) is 4.